The predicted molar refractivity (Wildman–Crippen MR) is 49.4 cm³/mol. The Morgan fingerprint density at radius 3 is 2.93 bits per heavy atom. The highest BCUT2D eigenvalue weighted by Gasteiger charge is 2.05. The zero-order valence-electron chi connectivity index (χ0n) is 8.07. The first-order valence-corrected chi connectivity index (χ1v) is 4.10. The summed E-state index contributed by atoms with van der Waals surface area (Å²) < 4.78 is 4.51. The highest BCUT2D eigenvalue weighted by molar-refractivity contribution is 5.71. The van der Waals surface area contributed by atoms with E-state index in [2.05, 4.69) is 9.72 Å². The molecule has 0 aliphatic heterocycles. The van der Waals surface area contributed by atoms with Crippen LogP contribution in [0.15, 0.2) is 12.1 Å². The molecule has 4 nitrogen and oxygen atoms in total. The molecule has 0 amide bonds. The van der Waals surface area contributed by atoms with Crippen LogP contribution in [-0.2, 0) is 16.0 Å². The van der Waals surface area contributed by atoms with Gasteiger partial charge in [0.25, 0.3) is 0 Å². The van der Waals surface area contributed by atoms with E-state index in [0.29, 0.717) is 11.4 Å². The van der Waals surface area contributed by atoms with E-state index >= 15 is 0 Å². The molecule has 0 atom stereocenters. The van der Waals surface area contributed by atoms with E-state index in [-0.39, 0.29) is 12.4 Å². The number of rotatable bonds is 2. The van der Waals surface area contributed by atoms with Gasteiger partial charge in [0.2, 0.25) is 0 Å². The van der Waals surface area contributed by atoms with Gasteiger partial charge in [0, 0.05) is 0 Å². The van der Waals surface area contributed by atoms with Crippen molar-refractivity contribution in [1.29, 1.82) is 5.26 Å². The molecular weight excluding hydrogens is 180 g/mol. The van der Waals surface area contributed by atoms with Crippen molar-refractivity contribution in [3.8, 4) is 6.07 Å². The maximum Gasteiger partial charge on any atom is 0.311 e. The van der Waals surface area contributed by atoms with Crippen LogP contribution in [0, 0.1) is 18.3 Å². The summed E-state index contributed by atoms with van der Waals surface area (Å²) >= 11 is 0. The van der Waals surface area contributed by atoms with Crippen molar-refractivity contribution in [3.05, 3.63) is 29.1 Å². The fraction of sp³-hybridized carbons (Fsp3) is 0.300. The van der Waals surface area contributed by atoms with E-state index in [9.17, 15) is 4.79 Å². The van der Waals surface area contributed by atoms with Crippen molar-refractivity contribution >= 4 is 5.97 Å². The Morgan fingerprint density at radius 2 is 2.36 bits per heavy atom. The minimum absolute atomic E-state index is 0.104. The third-order valence-corrected chi connectivity index (χ3v) is 1.69. The number of ether oxygens (including phenoxy) is 1. The molecule has 72 valence electrons. The number of pyridine rings is 1. The van der Waals surface area contributed by atoms with Crippen LogP contribution in [0.4, 0.5) is 0 Å². The lowest BCUT2D eigenvalue weighted by atomic mass is 10.2. The third-order valence-electron chi connectivity index (χ3n) is 1.69. The molecule has 0 aliphatic rings. The number of aromatic nitrogens is 1. The van der Waals surface area contributed by atoms with Crippen LogP contribution < -0.4 is 0 Å². The fourth-order valence-corrected chi connectivity index (χ4v) is 1.11. The standard InChI is InChI=1S/C10H10N2O2/c1-7-3-8(5-10(13)14-2)12-9(4-7)6-11/h3-4H,5H2,1-2H3. The van der Waals surface area contributed by atoms with Crippen LogP contribution in [0.25, 0.3) is 0 Å². The molecule has 0 fully saturated rings. The lowest BCUT2D eigenvalue weighted by molar-refractivity contribution is -0.139. The molecule has 0 aromatic carbocycles. The summed E-state index contributed by atoms with van der Waals surface area (Å²) in [4.78, 5) is 14.9. The van der Waals surface area contributed by atoms with Gasteiger partial charge in [-0.05, 0) is 24.6 Å². The summed E-state index contributed by atoms with van der Waals surface area (Å²) in [5.41, 5.74) is 1.80. The van der Waals surface area contributed by atoms with Crippen molar-refractivity contribution < 1.29 is 9.53 Å². The first-order valence-electron chi connectivity index (χ1n) is 4.10. The Morgan fingerprint density at radius 1 is 1.64 bits per heavy atom. The Kier molecular flexibility index (Phi) is 3.19. The Balaban J connectivity index is 2.93. The molecule has 0 unspecified atom stereocenters. The van der Waals surface area contributed by atoms with Crippen LogP contribution >= 0.6 is 0 Å². The third kappa shape index (κ3) is 2.56. The lowest BCUT2D eigenvalue weighted by Crippen LogP contribution is -2.07. The molecule has 0 aliphatic carbocycles. The van der Waals surface area contributed by atoms with Crippen LogP contribution in [-0.4, -0.2) is 18.1 Å². The van der Waals surface area contributed by atoms with Crippen LogP contribution in [0.1, 0.15) is 17.0 Å². The molecule has 0 bridgehead atoms. The molecule has 1 aromatic rings. The van der Waals surface area contributed by atoms with Gasteiger partial charge >= 0.3 is 5.97 Å². The number of nitrogens with zero attached hydrogens (tertiary/aromatic N) is 2. The van der Waals surface area contributed by atoms with E-state index in [1.54, 1.807) is 12.1 Å². The van der Waals surface area contributed by atoms with E-state index in [4.69, 9.17) is 5.26 Å². The van der Waals surface area contributed by atoms with Crippen molar-refractivity contribution in [3.63, 3.8) is 0 Å². The van der Waals surface area contributed by atoms with Gasteiger partial charge in [-0.25, -0.2) is 4.98 Å². The smallest absolute Gasteiger partial charge is 0.311 e. The number of aryl methyl sites for hydroxylation is 1. The summed E-state index contributed by atoms with van der Waals surface area (Å²) in [7, 11) is 1.32. The van der Waals surface area contributed by atoms with Gasteiger partial charge in [0.1, 0.15) is 11.8 Å². The monoisotopic (exact) mass is 190 g/mol. The normalized spacial score (nSPS) is 9.21. The first-order chi connectivity index (χ1) is 6.65. The van der Waals surface area contributed by atoms with Gasteiger partial charge in [-0.15, -0.1) is 0 Å². The number of carbonyl (C=O) groups is 1. The summed E-state index contributed by atoms with van der Waals surface area (Å²) in [6.45, 7) is 1.85. The minimum atomic E-state index is -0.355. The molecule has 14 heavy (non-hydrogen) atoms. The van der Waals surface area contributed by atoms with Crippen molar-refractivity contribution in [2.75, 3.05) is 7.11 Å². The van der Waals surface area contributed by atoms with Crippen molar-refractivity contribution in [2.45, 2.75) is 13.3 Å². The number of methoxy groups -OCH3 is 1. The summed E-state index contributed by atoms with van der Waals surface area (Å²) in [6.07, 6.45) is 0.104. The predicted octanol–water partition coefficient (Wildman–Crippen LogP) is 0.977. The molecular formula is C10H10N2O2. The average Bonchev–Trinajstić information content (AvgIpc) is 2.16. The van der Waals surface area contributed by atoms with Crippen molar-refractivity contribution in [1.82, 2.24) is 4.98 Å². The topological polar surface area (TPSA) is 63.0 Å². The highest BCUT2D eigenvalue weighted by Crippen LogP contribution is 2.05. The molecule has 1 rings (SSSR count). The maximum atomic E-state index is 10.9. The molecule has 1 heterocycles. The fourth-order valence-electron chi connectivity index (χ4n) is 1.11. The highest BCUT2D eigenvalue weighted by atomic mass is 16.5. The van der Waals surface area contributed by atoms with Gasteiger partial charge in [0.05, 0.1) is 19.2 Å². The zero-order valence-corrected chi connectivity index (χ0v) is 8.07. The SMILES string of the molecule is COC(=O)Cc1cc(C)cc(C#N)n1. The van der Waals surface area contributed by atoms with Gasteiger partial charge in [-0.1, -0.05) is 0 Å². The zero-order chi connectivity index (χ0) is 10.6. The van der Waals surface area contributed by atoms with Crippen LogP contribution in [0.5, 0.6) is 0 Å². The van der Waals surface area contributed by atoms with Crippen LogP contribution in [0.2, 0.25) is 0 Å². The maximum absolute atomic E-state index is 10.9. The summed E-state index contributed by atoms with van der Waals surface area (Å²) in [5.74, 6) is -0.355. The molecule has 4 heteroatoms. The second kappa shape index (κ2) is 4.38. The average molecular weight is 190 g/mol. The molecule has 0 saturated heterocycles. The Labute approximate surface area is 82.1 Å². The van der Waals surface area contributed by atoms with Gasteiger partial charge in [-0.3, -0.25) is 4.79 Å². The molecule has 0 radical (unpaired) electrons. The summed E-state index contributed by atoms with van der Waals surface area (Å²) in [5, 5.41) is 8.65. The minimum Gasteiger partial charge on any atom is -0.469 e. The number of esters is 1. The van der Waals surface area contributed by atoms with Gasteiger partial charge in [0.15, 0.2) is 0 Å². The molecule has 0 saturated carbocycles. The number of hydrogen-bond donors (Lipinski definition) is 0. The van der Waals surface area contributed by atoms with Gasteiger partial charge < -0.3 is 4.74 Å². The van der Waals surface area contributed by atoms with Gasteiger partial charge in [-0.2, -0.15) is 5.26 Å². The second-order valence-electron chi connectivity index (χ2n) is 2.89. The van der Waals surface area contributed by atoms with E-state index in [0.717, 1.165) is 5.56 Å². The van der Waals surface area contributed by atoms with E-state index in [1.807, 2.05) is 13.0 Å². The molecule has 0 N–H and O–H groups in total. The number of carbonyl (C=O) groups excluding carboxylic acids is 1. The summed E-state index contributed by atoms with van der Waals surface area (Å²) in [6, 6.07) is 5.37. The number of hydrogen-bond acceptors (Lipinski definition) is 4. The first kappa shape index (κ1) is 10.2. The van der Waals surface area contributed by atoms with Crippen molar-refractivity contribution in [2.24, 2.45) is 0 Å². The Hall–Kier alpha value is -1.89. The Bertz CT molecular complexity index is 394. The van der Waals surface area contributed by atoms with Crippen LogP contribution in [0.3, 0.4) is 0 Å². The molecule has 1 aromatic heterocycles. The second-order valence-corrected chi connectivity index (χ2v) is 2.89. The number of nitriles is 1. The lowest BCUT2D eigenvalue weighted by Gasteiger charge is -2.01. The van der Waals surface area contributed by atoms with E-state index in [1.165, 1.54) is 7.11 Å². The largest absolute Gasteiger partial charge is 0.469 e. The van der Waals surface area contributed by atoms with E-state index < -0.39 is 0 Å². The quantitative estimate of drug-likeness (QED) is 0.652. The molecule has 0 spiro atoms.